The van der Waals surface area contributed by atoms with E-state index in [2.05, 4.69) is 39.2 Å². The topological polar surface area (TPSA) is 50.6 Å². The summed E-state index contributed by atoms with van der Waals surface area (Å²) < 4.78 is 7.15. The number of benzene rings is 1. The van der Waals surface area contributed by atoms with Crippen LogP contribution in [0.4, 0.5) is 5.82 Å². The minimum atomic E-state index is -0.189. The van der Waals surface area contributed by atoms with E-state index >= 15 is 0 Å². The Morgan fingerprint density at radius 2 is 1.88 bits per heavy atom. The van der Waals surface area contributed by atoms with Crippen LogP contribution in [0.1, 0.15) is 25.3 Å². The van der Waals surface area contributed by atoms with E-state index in [1.807, 2.05) is 29.7 Å². The van der Waals surface area contributed by atoms with E-state index in [0.29, 0.717) is 6.61 Å². The first-order valence-corrected chi connectivity index (χ1v) is 11.8. The van der Waals surface area contributed by atoms with Gasteiger partial charge in [0.15, 0.2) is 0 Å². The molecule has 0 spiro atoms. The Bertz CT molecular complexity index is 1050. The molecule has 0 amide bonds. The molecule has 0 saturated carbocycles. The van der Waals surface area contributed by atoms with Gasteiger partial charge < -0.3 is 14.2 Å². The number of pyridine rings is 1. The second kappa shape index (κ2) is 12.3. The third-order valence-electron chi connectivity index (χ3n) is 6.06. The molecule has 1 aromatic carbocycles. The number of hydrogen-bond donors (Lipinski definition) is 0. The van der Waals surface area contributed by atoms with Gasteiger partial charge >= 0.3 is 5.97 Å². The lowest BCUT2D eigenvalue weighted by Crippen LogP contribution is -2.47. The first-order chi connectivity index (χ1) is 15.7. The lowest BCUT2D eigenvalue weighted by atomic mass is 10.1. The zero-order valence-corrected chi connectivity index (χ0v) is 20.7. The van der Waals surface area contributed by atoms with Crippen LogP contribution < -0.4 is 4.90 Å². The number of nitrogens with zero attached hydrogens (tertiary/aromatic N) is 4. The molecule has 2 aromatic heterocycles. The van der Waals surface area contributed by atoms with Gasteiger partial charge in [-0.1, -0.05) is 29.8 Å². The van der Waals surface area contributed by atoms with Crippen molar-refractivity contribution in [3.63, 3.8) is 0 Å². The number of fused-ring (bicyclic) bond motifs is 1. The number of piperazine rings is 1. The van der Waals surface area contributed by atoms with Crippen LogP contribution in [-0.4, -0.2) is 59.8 Å². The molecular formula is C25H32Cl2N4O2. The summed E-state index contributed by atoms with van der Waals surface area (Å²) in [5.74, 6) is 0.707. The number of ether oxygens (including phenoxy) is 1. The molecule has 1 saturated heterocycles. The Morgan fingerprint density at radius 3 is 2.64 bits per heavy atom. The highest BCUT2D eigenvalue weighted by Crippen LogP contribution is 2.25. The molecule has 0 N–H and O–H groups in total. The molecule has 3 heterocycles. The number of unbranched alkanes of at least 4 members (excludes halogenated alkanes) is 1. The summed E-state index contributed by atoms with van der Waals surface area (Å²) >= 11 is 6.30. The van der Waals surface area contributed by atoms with E-state index in [1.54, 1.807) is 6.20 Å². The van der Waals surface area contributed by atoms with Crippen molar-refractivity contribution in [3.8, 4) is 0 Å². The molecule has 1 aliphatic heterocycles. The standard InChI is InChI=1S/C25H31ClN4O2.ClH/c1-2-32-24(31)19-30-18-20(21-9-3-4-11-23(21)30)8-5-6-13-28-14-16-29(17-15-28)25-22(26)10-7-12-27-25;/h3-4,7,9-12,18H,2,5-6,8,13-17,19H2,1H3;1H. The van der Waals surface area contributed by atoms with Crippen LogP contribution in [0.5, 0.6) is 0 Å². The minimum Gasteiger partial charge on any atom is -0.465 e. The summed E-state index contributed by atoms with van der Waals surface area (Å²) in [4.78, 5) is 21.2. The predicted octanol–water partition coefficient (Wildman–Crippen LogP) is 4.82. The van der Waals surface area contributed by atoms with Gasteiger partial charge in [-0.2, -0.15) is 0 Å². The Hall–Kier alpha value is -2.28. The van der Waals surface area contributed by atoms with E-state index in [1.165, 1.54) is 10.9 Å². The Labute approximate surface area is 206 Å². The van der Waals surface area contributed by atoms with Gasteiger partial charge in [-0.15, -0.1) is 12.4 Å². The van der Waals surface area contributed by atoms with Crippen molar-refractivity contribution in [2.75, 3.05) is 44.2 Å². The van der Waals surface area contributed by atoms with E-state index in [0.717, 1.165) is 68.3 Å². The highest BCUT2D eigenvalue weighted by atomic mass is 35.5. The molecular weight excluding hydrogens is 459 g/mol. The zero-order valence-electron chi connectivity index (χ0n) is 19.1. The maximum atomic E-state index is 12.0. The normalized spacial score (nSPS) is 14.3. The van der Waals surface area contributed by atoms with Gasteiger partial charge in [-0.3, -0.25) is 9.69 Å². The number of aromatic nitrogens is 2. The number of carbonyl (C=O) groups excluding carboxylic acids is 1. The number of hydrogen-bond acceptors (Lipinski definition) is 5. The fourth-order valence-corrected chi connectivity index (χ4v) is 4.68. The molecule has 8 heteroatoms. The summed E-state index contributed by atoms with van der Waals surface area (Å²) in [6.07, 6.45) is 7.22. The SMILES string of the molecule is CCOC(=O)Cn1cc(CCCCN2CCN(c3ncccc3Cl)CC2)c2ccccc21.Cl. The monoisotopic (exact) mass is 490 g/mol. The molecule has 0 aliphatic carbocycles. The molecule has 0 atom stereocenters. The maximum Gasteiger partial charge on any atom is 0.325 e. The molecule has 3 aromatic rings. The molecule has 178 valence electrons. The molecule has 33 heavy (non-hydrogen) atoms. The Kier molecular flexibility index (Phi) is 9.41. The quantitative estimate of drug-likeness (QED) is 0.317. The maximum absolute atomic E-state index is 12.0. The van der Waals surface area contributed by atoms with Gasteiger partial charge in [0.05, 0.1) is 11.6 Å². The fourth-order valence-electron chi connectivity index (χ4n) is 4.44. The predicted molar refractivity (Wildman–Crippen MR) is 137 cm³/mol. The van der Waals surface area contributed by atoms with Crippen molar-refractivity contribution in [2.24, 2.45) is 0 Å². The highest BCUT2D eigenvalue weighted by Gasteiger charge is 2.19. The van der Waals surface area contributed by atoms with Crippen LogP contribution in [0.15, 0.2) is 48.8 Å². The smallest absolute Gasteiger partial charge is 0.325 e. The number of rotatable bonds is 9. The average molecular weight is 491 g/mol. The highest BCUT2D eigenvalue weighted by molar-refractivity contribution is 6.32. The first-order valence-electron chi connectivity index (χ1n) is 11.5. The van der Waals surface area contributed by atoms with Gasteiger partial charge in [0.25, 0.3) is 0 Å². The van der Waals surface area contributed by atoms with Crippen LogP contribution in [0, 0.1) is 0 Å². The molecule has 1 aliphatic rings. The third-order valence-corrected chi connectivity index (χ3v) is 6.35. The van der Waals surface area contributed by atoms with Crippen molar-refractivity contribution in [3.05, 3.63) is 59.4 Å². The Balaban J connectivity index is 0.00000306. The third kappa shape index (κ3) is 6.40. The number of esters is 1. The second-order valence-electron chi connectivity index (χ2n) is 8.20. The largest absolute Gasteiger partial charge is 0.465 e. The summed E-state index contributed by atoms with van der Waals surface area (Å²) in [6, 6.07) is 12.1. The first kappa shape index (κ1) is 25.3. The number of aryl methyl sites for hydroxylation is 1. The van der Waals surface area contributed by atoms with Crippen LogP contribution >= 0.6 is 24.0 Å². The van der Waals surface area contributed by atoms with Crippen molar-refractivity contribution in [1.29, 1.82) is 0 Å². The van der Waals surface area contributed by atoms with Gasteiger partial charge in [-0.05, 0) is 56.5 Å². The van der Waals surface area contributed by atoms with Crippen molar-refractivity contribution < 1.29 is 9.53 Å². The average Bonchev–Trinajstić information content (AvgIpc) is 3.15. The van der Waals surface area contributed by atoms with Crippen molar-refractivity contribution in [1.82, 2.24) is 14.5 Å². The van der Waals surface area contributed by atoms with E-state index in [4.69, 9.17) is 16.3 Å². The summed E-state index contributed by atoms with van der Waals surface area (Å²) in [6.45, 7) is 7.59. The van der Waals surface area contributed by atoms with Gasteiger partial charge in [0, 0.05) is 49.5 Å². The van der Waals surface area contributed by atoms with Crippen LogP contribution in [0.2, 0.25) is 5.02 Å². The summed E-state index contributed by atoms with van der Waals surface area (Å²) in [5, 5.41) is 1.96. The molecule has 0 radical (unpaired) electrons. The molecule has 1 fully saturated rings. The van der Waals surface area contributed by atoms with E-state index in [-0.39, 0.29) is 24.9 Å². The summed E-state index contributed by atoms with van der Waals surface area (Å²) in [5.41, 5.74) is 2.40. The molecule has 6 nitrogen and oxygen atoms in total. The lowest BCUT2D eigenvalue weighted by Gasteiger charge is -2.35. The number of halogens is 2. The minimum absolute atomic E-state index is 0. The van der Waals surface area contributed by atoms with Crippen molar-refractivity contribution in [2.45, 2.75) is 32.7 Å². The molecule has 0 unspecified atom stereocenters. The van der Waals surface area contributed by atoms with Gasteiger partial charge in [0.2, 0.25) is 0 Å². The Morgan fingerprint density at radius 1 is 1.09 bits per heavy atom. The van der Waals surface area contributed by atoms with Gasteiger partial charge in [-0.25, -0.2) is 4.98 Å². The number of carbonyl (C=O) groups is 1. The van der Waals surface area contributed by atoms with E-state index in [9.17, 15) is 4.79 Å². The number of anilines is 1. The van der Waals surface area contributed by atoms with Crippen LogP contribution in [0.3, 0.4) is 0 Å². The van der Waals surface area contributed by atoms with Crippen molar-refractivity contribution >= 4 is 46.7 Å². The van der Waals surface area contributed by atoms with Gasteiger partial charge in [0.1, 0.15) is 12.4 Å². The van der Waals surface area contributed by atoms with Crippen LogP contribution in [-0.2, 0) is 22.5 Å². The second-order valence-corrected chi connectivity index (χ2v) is 8.61. The van der Waals surface area contributed by atoms with E-state index < -0.39 is 0 Å². The van der Waals surface area contributed by atoms with Crippen LogP contribution in [0.25, 0.3) is 10.9 Å². The molecule has 0 bridgehead atoms. The fraction of sp³-hybridized carbons (Fsp3) is 0.440. The lowest BCUT2D eigenvalue weighted by molar-refractivity contribution is -0.143. The summed E-state index contributed by atoms with van der Waals surface area (Å²) in [7, 11) is 0. The number of para-hydroxylation sites is 1. The molecule has 4 rings (SSSR count). The zero-order chi connectivity index (χ0) is 22.3.